The van der Waals surface area contributed by atoms with Crippen molar-refractivity contribution < 1.29 is 27.3 Å². The molecule has 0 spiro atoms. The summed E-state index contributed by atoms with van der Waals surface area (Å²) in [4.78, 5) is 14.4. The summed E-state index contributed by atoms with van der Waals surface area (Å²) in [6.07, 6.45) is -4.30. The SMILES string of the molecule is CC1(C)OB(c2cc(C=O)cc(C(F)(F)F)n2)OC1(C)C. The summed E-state index contributed by atoms with van der Waals surface area (Å²) in [5.74, 6) is 0. The molecule has 114 valence electrons. The first-order valence-corrected chi connectivity index (χ1v) is 6.36. The average Bonchev–Trinajstić information content (AvgIpc) is 2.57. The number of alkyl halides is 3. The van der Waals surface area contributed by atoms with Crippen LogP contribution in [0.25, 0.3) is 0 Å². The van der Waals surface area contributed by atoms with Crippen LogP contribution < -0.4 is 5.59 Å². The molecule has 0 unspecified atom stereocenters. The summed E-state index contributed by atoms with van der Waals surface area (Å²) in [7, 11) is -1.05. The van der Waals surface area contributed by atoms with Crippen LogP contribution >= 0.6 is 0 Å². The third-order valence-electron chi connectivity index (χ3n) is 3.79. The molecule has 2 rings (SSSR count). The quantitative estimate of drug-likeness (QED) is 0.621. The van der Waals surface area contributed by atoms with E-state index in [1.807, 2.05) is 0 Å². The molecule has 8 heteroatoms. The lowest BCUT2D eigenvalue weighted by Gasteiger charge is -2.32. The molecule has 1 aromatic rings. The van der Waals surface area contributed by atoms with E-state index in [0.29, 0.717) is 12.4 Å². The Morgan fingerprint density at radius 2 is 1.67 bits per heavy atom. The van der Waals surface area contributed by atoms with Gasteiger partial charge in [0.05, 0.1) is 16.8 Å². The molecular weight excluding hydrogens is 286 g/mol. The Morgan fingerprint density at radius 1 is 1.14 bits per heavy atom. The van der Waals surface area contributed by atoms with Gasteiger partial charge in [-0.15, -0.1) is 0 Å². The molecule has 0 aliphatic carbocycles. The van der Waals surface area contributed by atoms with Crippen LogP contribution in [0.15, 0.2) is 12.1 Å². The zero-order chi connectivity index (χ0) is 16.1. The van der Waals surface area contributed by atoms with E-state index < -0.39 is 30.2 Å². The van der Waals surface area contributed by atoms with Crippen LogP contribution in [-0.4, -0.2) is 29.6 Å². The van der Waals surface area contributed by atoms with Gasteiger partial charge in [-0.2, -0.15) is 13.2 Å². The van der Waals surface area contributed by atoms with Gasteiger partial charge in [-0.3, -0.25) is 9.78 Å². The van der Waals surface area contributed by atoms with Crippen molar-refractivity contribution in [1.29, 1.82) is 0 Å². The minimum Gasteiger partial charge on any atom is -0.398 e. The number of aromatic nitrogens is 1. The fourth-order valence-electron chi connectivity index (χ4n) is 1.87. The van der Waals surface area contributed by atoms with Crippen molar-refractivity contribution in [2.75, 3.05) is 0 Å². The fraction of sp³-hybridized carbons (Fsp3) is 0.538. The maximum absolute atomic E-state index is 12.8. The van der Waals surface area contributed by atoms with Gasteiger partial charge in [-0.1, -0.05) is 0 Å². The topological polar surface area (TPSA) is 48.4 Å². The van der Waals surface area contributed by atoms with E-state index in [0.717, 1.165) is 0 Å². The van der Waals surface area contributed by atoms with E-state index in [2.05, 4.69) is 4.98 Å². The van der Waals surface area contributed by atoms with Gasteiger partial charge >= 0.3 is 13.3 Å². The van der Waals surface area contributed by atoms with Crippen LogP contribution in [0.2, 0.25) is 0 Å². The molecular formula is C13H15BF3NO3. The van der Waals surface area contributed by atoms with E-state index in [1.54, 1.807) is 27.7 Å². The van der Waals surface area contributed by atoms with Gasteiger partial charge in [0.1, 0.15) is 12.0 Å². The molecule has 21 heavy (non-hydrogen) atoms. The molecule has 1 saturated heterocycles. The maximum atomic E-state index is 12.8. The predicted octanol–water partition coefficient (Wildman–Crippen LogP) is 2.21. The number of hydrogen-bond acceptors (Lipinski definition) is 4. The summed E-state index contributed by atoms with van der Waals surface area (Å²) < 4.78 is 49.7. The van der Waals surface area contributed by atoms with Crippen molar-refractivity contribution in [3.63, 3.8) is 0 Å². The van der Waals surface area contributed by atoms with E-state index in [9.17, 15) is 18.0 Å². The molecule has 0 radical (unpaired) electrons. The maximum Gasteiger partial charge on any atom is 0.514 e. The van der Waals surface area contributed by atoms with Crippen molar-refractivity contribution in [2.24, 2.45) is 0 Å². The van der Waals surface area contributed by atoms with E-state index in [1.165, 1.54) is 6.07 Å². The molecule has 1 aromatic heterocycles. The number of nitrogens with zero attached hydrogens (tertiary/aromatic N) is 1. The number of carbonyl (C=O) groups is 1. The molecule has 1 aliphatic rings. The van der Waals surface area contributed by atoms with Crippen LogP contribution in [0.3, 0.4) is 0 Å². The first kappa shape index (κ1) is 16.0. The smallest absolute Gasteiger partial charge is 0.398 e. The zero-order valence-corrected chi connectivity index (χ0v) is 12.1. The van der Waals surface area contributed by atoms with Crippen LogP contribution in [0, 0.1) is 0 Å². The zero-order valence-electron chi connectivity index (χ0n) is 12.1. The van der Waals surface area contributed by atoms with Gasteiger partial charge in [0.25, 0.3) is 0 Å². The number of aldehydes is 1. The predicted molar refractivity (Wildman–Crippen MR) is 70.3 cm³/mol. The highest BCUT2D eigenvalue weighted by atomic mass is 19.4. The molecule has 0 saturated carbocycles. The summed E-state index contributed by atoms with van der Waals surface area (Å²) in [6.45, 7) is 7.12. The average molecular weight is 301 g/mol. The number of rotatable bonds is 2. The molecule has 4 nitrogen and oxygen atoms in total. The minimum atomic E-state index is -4.64. The number of halogens is 3. The monoisotopic (exact) mass is 301 g/mol. The lowest BCUT2D eigenvalue weighted by molar-refractivity contribution is -0.141. The number of pyridine rings is 1. The first-order valence-electron chi connectivity index (χ1n) is 6.36. The van der Waals surface area contributed by atoms with Crippen LogP contribution in [-0.2, 0) is 15.5 Å². The van der Waals surface area contributed by atoms with E-state index in [-0.39, 0.29) is 11.2 Å². The normalized spacial score (nSPS) is 20.6. The first-order chi connectivity index (χ1) is 9.46. The Morgan fingerprint density at radius 3 is 2.10 bits per heavy atom. The van der Waals surface area contributed by atoms with Gasteiger partial charge in [0, 0.05) is 5.56 Å². The summed E-state index contributed by atoms with van der Waals surface area (Å²) in [5.41, 5.74) is -2.73. The fourth-order valence-corrected chi connectivity index (χ4v) is 1.87. The van der Waals surface area contributed by atoms with Crippen LogP contribution in [0.5, 0.6) is 0 Å². The van der Waals surface area contributed by atoms with Gasteiger partial charge in [0.2, 0.25) is 0 Å². The van der Waals surface area contributed by atoms with Crippen molar-refractivity contribution in [3.05, 3.63) is 23.4 Å². The number of hydrogen-bond donors (Lipinski definition) is 0. The second-order valence-electron chi connectivity index (χ2n) is 5.91. The van der Waals surface area contributed by atoms with Crippen molar-refractivity contribution >= 4 is 19.0 Å². The largest absolute Gasteiger partial charge is 0.514 e. The highest BCUT2D eigenvalue weighted by molar-refractivity contribution is 6.61. The standard InChI is InChI=1S/C13H15BF3NO3/c1-11(2)12(3,4)21-14(20-11)10-6-8(7-19)5-9(18-10)13(15,16)17/h5-7H,1-4H3. The molecule has 1 fully saturated rings. The Bertz CT molecular complexity index is 556. The molecule has 1 aliphatic heterocycles. The Kier molecular flexibility index (Phi) is 3.66. The third-order valence-corrected chi connectivity index (χ3v) is 3.79. The van der Waals surface area contributed by atoms with Crippen molar-refractivity contribution in [2.45, 2.75) is 45.1 Å². The van der Waals surface area contributed by atoms with Gasteiger partial charge in [-0.25, -0.2) is 0 Å². The summed E-state index contributed by atoms with van der Waals surface area (Å²) in [6, 6.07) is 1.94. The lowest BCUT2D eigenvalue weighted by Crippen LogP contribution is -2.41. The summed E-state index contributed by atoms with van der Waals surface area (Å²) in [5, 5.41) is 0. The summed E-state index contributed by atoms with van der Waals surface area (Å²) >= 11 is 0. The van der Waals surface area contributed by atoms with Crippen molar-refractivity contribution in [3.8, 4) is 0 Å². The second kappa shape index (κ2) is 4.81. The Hall–Kier alpha value is -1.41. The highest BCUT2D eigenvalue weighted by Gasteiger charge is 2.52. The lowest BCUT2D eigenvalue weighted by atomic mass is 9.83. The molecule has 0 bridgehead atoms. The van der Waals surface area contributed by atoms with Crippen LogP contribution in [0.4, 0.5) is 13.2 Å². The van der Waals surface area contributed by atoms with Gasteiger partial charge < -0.3 is 9.31 Å². The molecule has 0 amide bonds. The molecule has 0 atom stereocenters. The molecule has 0 aromatic carbocycles. The van der Waals surface area contributed by atoms with E-state index in [4.69, 9.17) is 9.31 Å². The highest BCUT2D eigenvalue weighted by Crippen LogP contribution is 2.36. The minimum absolute atomic E-state index is 0.0643. The van der Waals surface area contributed by atoms with Crippen LogP contribution in [0.1, 0.15) is 43.7 Å². The van der Waals surface area contributed by atoms with Gasteiger partial charge in [-0.05, 0) is 39.8 Å². The van der Waals surface area contributed by atoms with Crippen molar-refractivity contribution in [1.82, 2.24) is 4.98 Å². The Balaban J connectivity index is 2.44. The molecule has 2 heterocycles. The number of carbonyl (C=O) groups excluding carboxylic acids is 1. The Labute approximate surface area is 120 Å². The third kappa shape index (κ3) is 2.96. The molecule has 0 N–H and O–H groups in total. The second-order valence-corrected chi connectivity index (χ2v) is 5.91. The van der Waals surface area contributed by atoms with Gasteiger partial charge in [0.15, 0.2) is 0 Å². The van der Waals surface area contributed by atoms with E-state index >= 15 is 0 Å².